The minimum atomic E-state index is -0.494. The molecular formula is C11H11N5O4. The van der Waals surface area contributed by atoms with E-state index >= 15 is 0 Å². The molecule has 9 nitrogen and oxygen atoms in total. The number of ether oxygens (including phenoxy) is 1. The number of nitrogens with zero attached hydrogens (tertiary/aromatic N) is 5. The summed E-state index contributed by atoms with van der Waals surface area (Å²) in [5.41, 5.74) is 8.86. The van der Waals surface area contributed by atoms with E-state index in [-0.39, 0.29) is 18.3 Å². The van der Waals surface area contributed by atoms with Gasteiger partial charge in [0.1, 0.15) is 6.61 Å². The van der Waals surface area contributed by atoms with Gasteiger partial charge in [-0.15, -0.1) is 0 Å². The van der Waals surface area contributed by atoms with Crippen molar-refractivity contribution in [2.75, 3.05) is 13.1 Å². The fourth-order valence-electron chi connectivity index (χ4n) is 1.70. The van der Waals surface area contributed by atoms with Gasteiger partial charge in [-0.3, -0.25) is 10.1 Å². The molecule has 0 saturated carbocycles. The van der Waals surface area contributed by atoms with Crippen molar-refractivity contribution in [3.05, 3.63) is 50.4 Å². The summed E-state index contributed by atoms with van der Waals surface area (Å²) < 4.78 is 5.04. The van der Waals surface area contributed by atoms with Crippen molar-refractivity contribution in [3.63, 3.8) is 0 Å². The fraction of sp³-hybridized carbons (Fsp3) is 0.364. The molecule has 1 saturated heterocycles. The van der Waals surface area contributed by atoms with Crippen molar-refractivity contribution in [2.24, 2.45) is 5.11 Å². The van der Waals surface area contributed by atoms with Gasteiger partial charge in [0.05, 0.1) is 11.0 Å². The maximum absolute atomic E-state index is 11.6. The first kappa shape index (κ1) is 13.6. The van der Waals surface area contributed by atoms with Crippen LogP contribution in [0.4, 0.5) is 10.5 Å². The summed E-state index contributed by atoms with van der Waals surface area (Å²) in [6, 6.07) is 5.58. The van der Waals surface area contributed by atoms with E-state index in [0.29, 0.717) is 18.7 Å². The summed E-state index contributed by atoms with van der Waals surface area (Å²) in [5, 5.41) is 14.0. The molecule has 1 aromatic carbocycles. The van der Waals surface area contributed by atoms with Crippen molar-refractivity contribution in [2.45, 2.75) is 12.6 Å². The topological polar surface area (TPSA) is 121 Å². The number of benzene rings is 1. The van der Waals surface area contributed by atoms with E-state index in [2.05, 4.69) is 10.0 Å². The molecule has 1 fully saturated rings. The fourth-order valence-corrected chi connectivity index (χ4v) is 1.70. The van der Waals surface area contributed by atoms with Crippen LogP contribution in [-0.4, -0.2) is 35.0 Å². The van der Waals surface area contributed by atoms with E-state index < -0.39 is 11.0 Å². The van der Waals surface area contributed by atoms with Gasteiger partial charge < -0.3 is 9.64 Å². The Balaban J connectivity index is 1.79. The van der Waals surface area contributed by atoms with E-state index in [9.17, 15) is 14.9 Å². The van der Waals surface area contributed by atoms with Gasteiger partial charge >= 0.3 is 6.09 Å². The maximum atomic E-state index is 11.6. The first-order valence-corrected chi connectivity index (χ1v) is 5.79. The largest absolute Gasteiger partial charge is 0.445 e. The van der Waals surface area contributed by atoms with E-state index in [4.69, 9.17) is 10.3 Å². The predicted molar refractivity (Wildman–Crippen MR) is 67.8 cm³/mol. The minimum Gasteiger partial charge on any atom is -0.445 e. The molecule has 1 aliphatic rings. The van der Waals surface area contributed by atoms with Gasteiger partial charge in [-0.1, -0.05) is 5.11 Å². The lowest BCUT2D eigenvalue weighted by molar-refractivity contribution is -0.384. The summed E-state index contributed by atoms with van der Waals surface area (Å²) in [4.78, 5) is 25.6. The molecule has 1 amide bonds. The zero-order valence-electron chi connectivity index (χ0n) is 10.4. The zero-order valence-corrected chi connectivity index (χ0v) is 10.4. The zero-order chi connectivity index (χ0) is 14.5. The Morgan fingerprint density at radius 2 is 2.15 bits per heavy atom. The molecule has 0 aromatic heterocycles. The van der Waals surface area contributed by atoms with Crippen LogP contribution in [0.1, 0.15) is 5.56 Å². The third-order valence-corrected chi connectivity index (χ3v) is 2.84. The molecule has 20 heavy (non-hydrogen) atoms. The highest BCUT2D eigenvalue weighted by Gasteiger charge is 2.30. The predicted octanol–water partition coefficient (Wildman–Crippen LogP) is 2.23. The van der Waals surface area contributed by atoms with Crippen LogP contribution in [0.25, 0.3) is 10.4 Å². The Hall–Kier alpha value is -2.80. The molecule has 2 rings (SSSR count). The first-order valence-electron chi connectivity index (χ1n) is 5.79. The molecule has 1 heterocycles. The number of non-ortho nitro benzene ring substituents is 1. The van der Waals surface area contributed by atoms with Crippen molar-refractivity contribution in [1.82, 2.24) is 4.90 Å². The van der Waals surface area contributed by atoms with Crippen LogP contribution in [0, 0.1) is 10.1 Å². The summed E-state index contributed by atoms with van der Waals surface area (Å²) in [5.74, 6) is 0. The Kier molecular flexibility index (Phi) is 4.02. The van der Waals surface area contributed by atoms with Gasteiger partial charge in [0.2, 0.25) is 0 Å². The van der Waals surface area contributed by atoms with Crippen molar-refractivity contribution in [3.8, 4) is 0 Å². The van der Waals surface area contributed by atoms with Crippen LogP contribution in [0.2, 0.25) is 0 Å². The minimum absolute atomic E-state index is 0.0139. The monoisotopic (exact) mass is 277 g/mol. The highest BCUT2D eigenvalue weighted by Crippen LogP contribution is 2.15. The molecule has 0 N–H and O–H groups in total. The third-order valence-electron chi connectivity index (χ3n) is 2.84. The normalized spacial score (nSPS) is 14.1. The van der Waals surface area contributed by atoms with E-state index in [1.807, 2.05) is 0 Å². The van der Waals surface area contributed by atoms with Gasteiger partial charge in [0.15, 0.2) is 0 Å². The van der Waals surface area contributed by atoms with Crippen molar-refractivity contribution in [1.29, 1.82) is 0 Å². The van der Waals surface area contributed by atoms with Gasteiger partial charge in [-0.25, -0.2) is 4.79 Å². The standard InChI is InChI=1S/C11H11N5O4/c12-14-13-9-5-15(6-9)11(17)20-7-8-1-3-10(4-2-8)16(18)19/h1-4,9H,5-7H2. The number of amides is 1. The van der Waals surface area contributed by atoms with Crippen molar-refractivity contribution < 1.29 is 14.5 Å². The molecular weight excluding hydrogens is 266 g/mol. The van der Waals surface area contributed by atoms with Crippen molar-refractivity contribution >= 4 is 11.8 Å². The number of nitro groups is 1. The second kappa shape index (κ2) is 5.89. The summed E-state index contributed by atoms with van der Waals surface area (Å²) in [7, 11) is 0. The highest BCUT2D eigenvalue weighted by molar-refractivity contribution is 5.68. The second-order valence-electron chi connectivity index (χ2n) is 4.24. The van der Waals surface area contributed by atoms with Crippen LogP contribution < -0.4 is 0 Å². The SMILES string of the molecule is [N-]=[N+]=NC1CN(C(=O)OCc2ccc([N+](=O)[O-])cc2)C1. The van der Waals surface area contributed by atoms with Crippen LogP contribution >= 0.6 is 0 Å². The molecule has 0 radical (unpaired) electrons. The second-order valence-corrected chi connectivity index (χ2v) is 4.24. The van der Waals surface area contributed by atoms with Gasteiger partial charge in [0, 0.05) is 30.1 Å². The molecule has 0 atom stereocenters. The van der Waals surface area contributed by atoms with E-state index in [1.165, 1.54) is 29.2 Å². The molecule has 104 valence electrons. The van der Waals surface area contributed by atoms with E-state index in [0.717, 1.165) is 0 Å². The number of hydrogen-bond acceptors (Lipinski definition) is 5. The summed E-state index contributed by atoms with van der Waals surface area (Å²) >= 11 is 0. The summed E-state index contributed by atoms with van der Waals surface area (Å²) in [6.07, 6.45) is -0.493. The smallest absolute Gasteiger partial charge is 0.410 e. The lowest BCUT2D eigenvalue weighted by Gasteiger charge is -2.35. The van der Waals surface area contributed by atoms with Gasteiger partial charge in [-0.05, 0) is 23.2 Å². The Labute approximate surface area is 113 Å². The van der Waals surface area contributed by atoms with Crippen LogP contribution in [0.5, 0.6) is 0 Å². The number of rotatable bonds is 4. The maximum Gasteiger partial charge on any atom is 0.410 e. The molecule has 1 aliphatic heterocycles. The Morgan fingerprint density at radius 1 is 1.50 bits per heavy atom. The number of nitro benzene ring substituents is 1. The Morgan fingerprint density at radius 3 is 2.70 bits per heavy atom. The quantitative estimate of drug-likeness (QED) is 0.275. The van der Waals surface area contributed by atoms with E-state index in [1.54, 1.807) is 0 Å². The van der Waals surface area contributed by atoms with Gasteiger partial charge in [-0.2, -0.15) is 0 Å². The highest BCUT2D eigenvalue weighted by atomic mass is 16.6. The molecule has 0 unspecified atom stereocenters. The molecule has 0 spiro atoms. The van der Waals surface area contributed by atoms with Gasteiger partial charge in [0.25, 0.3) is 5.69 Å². The van der Waals surface area contributed by atoms with Crippen LogP contribution in [0.3, 0.4) is 0 Å². The summed E-state index contributed by atoms with van der Waals surface area (Å²) in [6.45, 7) is 0.742. The lowest BCUT2D eigenvalue weighted by Crippen LogP contribution is -2.52. The molecule has 0 bridgehead atoms. The third kappa shape index (κ3) is 3.15. The first-order chi connectivity index (χ1) is 9.60. The number of azide groups is 1. The van der Waals surface area contributed by atoms with Crippen LogP contribution in [-0.2, 0) is 11.3 Å². The number of hydrogen-bond donors (Lipinski definition) is 0. The number of likely N-dealkylation sites (tertiary alicyclic amines) is 1. The van der Waals surface area contributed by atoms with Crippen LogP contribution in [0.15, 0.2) is 29.4 Å². The molecule has 0 aliphatic carbocycles. The number of carbonyl (C=O) groups is 1. The average molecular weight is 277 g/mol. The molecule has 9 heteroatoms. The lowest BCUT2D eigenvalue weighted by atomic mass is 10.1. The Bertz CT molecular complexity index is 561. The average Bonchev–Trinajstić information content (AvgIpc) is 2.40. The number of carbonyl (C=O) groups excluding carboxylic acids is 1. The molecule has 1 aromatic rings.